The Hall–Kier alpha value is -0.506. The summed E-state index contributed by atoms with van der Waals surface area (Å²) in [5.74, 6) is 0. The minimum atomic E-state index is -3.33. The van der Waals surface area contributed by atoms with Gasteiger partial charge in [0, 0.05) is 0 Å². The van der Waals surface area contributed by atoms with Crippen molar-refractivity contribution < 1.29 is 19.2 Å². The number of hydrogen-bond donors (Lipinski definition) is 4. The minimum absolute atomic E-state index is 0.391. The number of rotatable bonds is 6. The van der Waals surface area contributed by atoms with Crippen LogP contribution in [-0.4, -0.2) is 36.3 Å². The van der Waals surface area contributed by atoms with Gasteiger partial charge in [-0.1, -0.05) is 51.0 Å². The molecule has 0 fully saturated rings. The third-order valence-corrected chi connectivity index (χ3v) is 7.92. The Balaban J connectivity index is 2.92. The number of benzene rings is 1. The van der Waals surface area contributed by atoms with Gasteiger partial charge in [0.2, 0.25) is 0 Å². The van der Waals surface area contributed by atoms with Crippen molar-refractivity contribution in [1.82, 2.24) is 0 Å². The SMILES string of the molecule is CCC[Si](O)(O)c1ccc([Si](O)(O)CCC)cc1. The topological polar surface area (TPSA) is 80.9 Å². The lowest BCUT2D eigenvalue weighted by atomic mass is 10.4. The highest BCUT2D eigenvalue weighted by atomic mass is 28.4. The maximum atomic E-state index is 9.96. The average Bonchev–Trinajstić information content (AvgIpc) is 2.29. The van der Waals surface area contributed by atoms with Crippen LogP contribution in [-0.2, 0) is 0 Å². The van der Waals surface area contributed by atoms with E-state index in [4.69, 9.17) is 0 Å². The van der Waals surface area contributed by atoms with Crippen LogP contribution in [0.25, 0.3) is 0 Å². The van der Waals surface area contributed by atoms with Crippen LogP contribution in [0.4, 0.5) is 0 Å². The van der Waals surface area contributed by atoms with Crippen LogP contribution in [0.1, 0.15) is 26.7 Å². The lowest BCUT2D eigenvalue weighted by molar-refractivity contribution is 0.376. The predicted octanol–water partition coefficient (Wildman–Crippen LogP) is -0.226. The van der Waals surface area contributed by atoms with Crippen molar-refractivity contribution in [3.05, 3.63) is 24.3 Å². The van der Waals surface area contributed by atoms with Gasteiger partial charge in [0.1, 0.15) is 0 Å². The first-order valence-electron chi connectivity index (χ1n) is 6.34. The monoisotopic (exact) mass is 286 g/mol. The summed E-state index contributed by atoms with van der Waals surface area (Å²) in [5, 5.41) is 1.05. The molecule has 0 heterocycles. The van der Waals surface area contributed by atoms with E-state index in [0.29, 0.717) is 22.5 Å². The van der Waals surface area contributed by atoms with Gasteiger partial charge < -0.3 is 19.2 Å². The molecule has 0 unspecified atom stereocenters. The second kappa shape index (κ2) is 6.09. The molecule has 0 aromatic heterocycles. The molecule has 18 heavy (non-hydrogen) atoms. The fraction of sp³-hybridized carbons (Fsp3) is 0.500. The first-order valence-corrected chi connectivity index (χ1v) is 10.5. The normalized spacial score (nSPS) is 12.8. The summed E-state index contributed by atoms with van der Waals surface area (Å²) in [6, 6.07) is 7.23. The molecule has 4 N–H and O–H groups in total. The van der Waals surface area contributed by atoms with Crippen molar-refractivity contribution in [2.75, 3.05) is 0 Å². The van der Waals surface area contributed by atoms with Crippen molar-refractivity contribution >= 4 is 27.5 Å². The molecule has 0 saturated heterocycles. The summed E-state index contributed by atoms with van der Waals surface area (Å²) < 4.78 is 0. The van der Waals surface area contributed by atoms with E-state index in [1.807, 2.05) is 13.8 Å². The first-order chi connectivity index (χ1) is 8.33. The molecule has 0 spiro atoms. The van der Waals surface area contributed by atoms with E-state index >= 15 is 0 Å². The van der Waals surface area contributed by atoms with Crippen molar-refractivity contribution in [3.8, 4) is 0 Å². The Kier molecular flexibility index (Phi) is 5.26. The number of hydrogen-bond acceptors (Lipinski definition) is 4. The molecule has 102 valence electrons. The summed E-state index contributed by atoms with van der Waals surface area (Å²) in [6.07, 6.45) is 1.44. The summed E-state index contributed by atoms with van der Waals surface area (Å²) >= 11 is 0. The lowest BCUT2D eigenvalue weighted by Gasteiger charge is -2.20. The maximum absolute atomic E-state index is 9.96. The van der Waals surface area contributed by atoms with Gasteiger partial charge in [0.05, 0.1) is 0 Å². The van der Waals surface area contributed by atoms with Crippen LogP contribution in [0, 0.1) is 0 Å². The summed E-state index contributed by atoms with van der Waals surface area (Å²) in [4.78, 5) is 39.9. The lowest BCUT2D eigenvalue weighted by Crippen LogP contribution is -2.51. The van der Waals surface area contributed by atoms with Crippen LogP contribution >= 0.6 is 0 Å². The van der Waals surface area contributed by atoms with Crippen LogP contribution in [0.3, 0.4) is 0 Å². The highest BCUT2D eigenvalue weighted by Crippen LogP contribution is 2.08. The standard InChI is InChI=1S/C12H22O4Si2/c1-3-9-17(13,14)11-5-7-12(8-6-11)18(15,16)10-4-2/h5-8,13-16H,3-4,9-10H2,1-2H3. The van der Waals surface area contributed by atoms with Crippen molar-refractivity contribution in [3.63, 3.8) is 0 Å². The van der Waals surface area contributed by atoms with Crippen LogP contribution in [0.2, 0.25) is 12.1 Å². The van der Waals surface area contributed by atoms with Crippen molar-refractivity contribution in [2.45, 2.75) is 38.8 Å². The van der Waals surface area contributed by atoms with E-state index in [-0.39, 0.29) is 0 Å². The Morgan fingerprint density at radius 2 is 1.00 bits per heavy atom. The van der Waals surface area contributed by atoms with Gasteiger partial charge >= 0.3 is 17.1 Å². The molecular weight excluding hydrogens is 264 g/mol. The van der Waals surface area contributed by atoms with Gasteiger partial charge in [0.25, 0.3) is 0 Å². The zero-order valence-electron chi connectivity index (χ0n) is 10.9. The van der Waals surface area contributed by atoms with E-state index < -0.39 is 17.1 Å². The van der Waals surface area contributed by atoms with E-state index in [2.05, 4.69) is 0 Å². The average molecular weight is 286 g/mol. The van der Waals surface area contributed by atoms with E-state index in [9.17, 15) is 19.2 Å². The molecule has 1 aromatic rings. The maximum Gasteiger partial charge on any atom is 0.367 e. The quantitative estimate of drug-likeness (QED) is 0.545. The van der Waals surface area contributed by atoms with Gasteiger partial charge in [-0.05, 0) is 22.5 Å². The van der Waals surface area contributed by atoms with Gasteiger partial charge in [-0.25, -0.2) is 0 Å². The van der Waals surface area contributed by atoms with E-state index in [1.54, 1.807) is 24.3 Å². The molecule has 6 heteroatoms. The summed E-state index contributed by atoms with van der Waals surface area (Å²) in [7, 11) is -6.66. The van der Waals surface area contributed by atoms with Gasteiger partial charge in [-0.2, -0.15) is 0 Å². The third-order valence-electron chi connectivity index (χ3n) is 3.01. The second-order valence-electron chi connectivity index (χ2n) is 4.71. The molecule has 1 rings (SSSR count). The molecule has 0 amide bonds. The molecule has 0 radical (unpaired) electrons. The Labute approximate surface area is 110 Å². The molecule has 0 bridgehead atoms. The minimum Gasteiger partial charge on any atom is -0.407 e. The molecular formula is C12H22O4Si2. The smallest absolute Gasteiger partial charge is 0.367 e. The molecule has 4 nitrogen and oxygen atoms in total. The third kappa shape index (κ3) is 3.74. The van der Waals surface area contributed by atoms with E-state index in [0.717, 1.165) is 12.8 Å². The molecule has 0 atom stereocenters. The Bertz CT molecular complexity index is 339. The summed E-state index contributed by atoms with van der Waals surface area (Å²) in [5.41, 5.74) is 0. The van der Waals surface area contributed by atoms with Crippen molar-refractivity contribution in [1.29, 1.82) is 0 Å². The van der Waals surface area contributed by atoms with Crippen LogP contribution < -0.4 is 10.4 Å². The highest BCUT2D eigenvalue weighted by Gasteiger charge is 2.34. The highest BCUT2D eigenvalue weighted by molar-refractivity contribution is 6.80. The second-order valence-corrected chi connectivity index (χ2v) is 10.1. The van der Waals surface area contributed by atoms with Gasteiger partial charge in [-0.15, -0.1) is 0 Å². The summed E-state index contributed by atoms with van der Waals surface area (Å²) in [6.45, 7) is 3.81. The van der Waals surface area contributed by atoms with Crippen LogP contribution in [0.5, 0.6) is 0 Å². The molecule has 0 saturated carbocycles. The van der Waals surface area contributed by atoms with Crippen molar-refractivity contribution in [2.24, 2.45) is 0 Å². The van der Waals surface area contributed by atoms with Gasteiger partial charge in [-0.3, -0.25) is 0 Å². The molecule has 0 aliphatic heterocycles. The fourth-order valence-corrected chi connectivity index (χ4v) is 5.36. The Morgan fingerprint density at radius 1 is 0.722 bits per heavy atom. The first kappa shape index (κ1) is 15.6. The van der Waals surface area contributed by atoms with E-state index in [1.165, 1.54) is 0 Å². The predicted molar refractivity (Wildman–Crippen MR) is 76.3 cm³/mol. The largest absolute Gasteiger partial charge is 0.407 e. The molecule has 0 aliphatic carbocycles. The Morgan fingerprint density at radius 3 is 1.22 bits per heavy atom. The zero-order chi connectivity index (χ0) is 13.8. The van der Waals surface area contributed by atoms with Crippen LogP contribution in [0.15, 0.2) is 24.3 Å². The zero-order valence-corrected chi connectivity index (χ0v) is 12.9. The molecule has 0 aliphatic rings. The van der Waals surface area contributed by atoms with Gasteiger partial charge in [0.15, 0.2) is 0 Å². The molecule has 1 aromatic carbocycles. The fourth-order valence-electron chi connectivity index (χ4n) is 1.99.